The van der Waals surface area contributed by atoms with Crippen molar-refractivity contribution < 1.29 is 9.05 Å². The zero-order valence-corrected chi connectivity index (χ0v) is 15.9. The van der Waals surface area contributed by atoms with Gasteiger partial charge < -0.3 is 19.3 Å². The Labute approximate surface area is 154 Å². The van der Waals surface area contributed by atoms with Gasteiger partial charge in [0.05, 0.1) is 11.4 Å². The Morgan fingerprint density at radius 3 is 2.65 bits per heavy atom. The summed E-state index contributed by atoms with van der Waals surface area (Å²) < 4.78 is 10.1. The van der Waals surface area contributed by atoms with E-state index in [0.717, 1.165) is 75.3 Å². The molecule has 0 saturated carbocycles. The van der Waals surface area contributed by atoms with E-state index in [4.69, 9.17) is 14.0 Å². The second-order valence-corrected chi connectivity index (χ2v) is 6.54. The minimum Gasteiger partial charge on any atom is -0.364 e. The number of hydrogen-bond donors (Lipinski definition) is 1. The first-order valence-electron chi connectivity index (χ1n) is 9.24. The van der Waals surface area contributed by atoms with Gasteiger partial charge in [-0.1, -0.05) is 10.3 Å². The molecule has 0 radical (unpaired) electrons. The summed E-state index contributed by atoms with van der Waals surface area (Å²) in [6, 6.07) is 1.92. The maximum atomic E-state index is 5.23. The Hall–Kier alpha value is -2.35. The summed E-state index contributed by atoms with van der Waals surface area (Å²) in [5.41, 5.74) is 3.12. The number of aliphatic imine (C=N–C) groups is 1. The van der Waals surface area contributed by atoms with Gasteiger partial charge in [0.15, 0.2) is 5.96 Å². The van der Waals surface area contributed by atoms with Crippen molar-refractivity contribution in [3.63, 3.8) is 0 Å². The Balaban J connectivity index is 1.52. The lowest BCUT2D eigenvalue weighted by molar-refractivity contribution is 0.169. The highest BCUT2D eigenvalue weighted by molar-refractivity contribution is 5.80. The fourth-order valence-electron chi connectivity index (χ4n) is 3.22. The fraction of sp³-hybridized carbons (Fsp3) is 0.611. The van der Waals surface area contributed by atoms with Crippen molar-refractivity contribution in [2.24, 2.45) is 4.99 Å². The molecular weight excluding hydrogens is 332 g/mol. The number of piperazine rings is 1. The Morgan fingerprint density at radius 1 is 1.23 bits per heavy atom. The maximum Gasteiger partial charge on any atom is 0.194 e. The molecule has 1 N–H and O–H groups in total. The number of hydrogen-bond acceptors (Lipinski definition) is 6. The largest absolute Gasteiger partial charge is 0.364 e. The summed E-state index contributed by atoms with van der Waals surface area (Å²) in [4.78, 5) is 9.53. The predicted molar refractivity (Wildman–Crippen MR) is 99.0 cm³/mol. The van der Waals surface area contributed by atoms with Crippen LogP contribution in [0.5, 0.6) is 0 Å². The standard InChI is InChI=1S/C18H28N6O2/c1-4-19-18(20-7-5-17-14(2)21-26-15(17)3)24-10-8-23(9-11-24)13-16-6-12-25-22-16/h6,12H,4-5,7-11,13H2,1-3H3,(H,19,20). The maximum absolute atomic E-state index is 5.23. The highest BCUT2D eigenvalue weighted by atomic mass is 16.5. The molecular formula is C18H28N6O2. The quantitative estimate of drug-likeness (QED) is 0.619. The average Bonchev–Trinajstić information content (AvgIpc) is 3.26. The van der Waals surface area contributed by atoms with E-state index >= 15 is 0 Å². The van der Waals surface area contributed by atoms with Crippen LogP contribution in [0.4, 0.5) is 0 Å². The van der Waals surface area contributed by atoms with Crippen LogP contribution in [0.3, 0.4) is 0 Å². The van der Waals surface area contributed by atoms with Gasteiger partial charge in [0, 0.05) is 57.4 Å². The van der Waals surface area contributed by atoms with Crippen molar-refractivity contribution in [1.82, 2.24) is 25.4 Å². The molecule has 1 aliphatic rings. The molecule has 0 atom stereocenters. The predicted octanol–water partition coefficient (Wildman–Crippen LogP) is 1.61. The van der Waals surface area contributed by atoms with Gasteiger partial charge in [0.2, 0.25) is 0 Å². The highest BCUT2D eigenvalue weighted by Gasteiger charge is 2.20. The molecule has 3 heterocycles. The monoisotopic (exact) mass is 360 g/mol. The van der Waals surface area contributed by atoms with Crippen LogP contribution in [0.1, 0.15) is 29.6 Å². The van der Waals surface area contributed by atoms with E-state index in [2.05, 4.69) is 32.4 Å². The summed E-state index contributed by atoms with van der Waals surface area (Å²) >= 11 is 0. The molecule has 2 aromatic heterocycles. The zero-order valence-electron chi connectivity index (χ0n) is 15.9. The molecule has 0 amide bonds. The third kappa shape index (κ3) is 4.63. The second-order valence-electron chi connectivity index (χ2n) is 6.54. The number of aryl methyl sites for hydroxylation is 2. The van der Waals surface area contributed by atoms with E-state index in [1.54, 1.807) is 6.26 Å². The molecule has 26 heavy (non-hydrogen) atoms. The molecule has 8 heteroatoms. The molecule has 2 aromatic rings. The third-order valence-corrected chi connectivity index (χ3v) is 4.69. The Kier molecular flexibility index (Phi) is 6.27. The van der Waals surface area contributed by atoms with E-state index < -0.39 is 0 Å². The normalized spacial score (nSPS) is 16.3. The van der Waals surface area contributed by atoms with Gasteiger partial charge in [-0.05, 0) is 27.2 Å². The van der Waals surface area contributed by atoms with Crippen LogP contribution in [0.15, 0.2) is 26.4 Å². The second kappa shape index (κ2) is 8.84. The summed E-state index contributed by atoms with van der Waals surface area (Å²) in [6.45, 7) is 12.3. The first-order valence-corrected chi connectivity index (χ1v) is 9.24. The van der Waals surface area contributed by atoms with Crippen LogP contribution in [-0.4, -0.2) is 65.3 Å². The SMILES string of the molecule is CCNC(=NCCc1c(C)noc1C)N1CCN(Cc2ccon2)CC1. The van der Waals surface area contributed by atoms with Gasteiger partial charge >= 0.3 is 0 Å². The van der Waals surface area contributed by atoms with E-state index in [-0.39, 0.29) is 0 Å². The van der Waals surface area contributed by atoms with Gasteiger partial charge in [0.1, 0.15) is 12.0 Å². The summed E-state index contributed by atoms with van der Waals surface area (Å²) in [5, 5.41) is 11.4. The number of nitrogens with zero attached hydrogens (tertiary/aromatic N) is 5. The van der Waals surface area contributed by atoms with Crippen molar-refractivity contribution >= 4 is 5.96 Å². The Bertz CT molecular complexity index is 682. The van der Waals surface area contributed by atoms with Crippen LogP contribution in [0.25, 0.3) is 0 Å². The first kappa shape index (κ1) is 18.4. The van der Waals surface area contributed by atoms with Crippen LogP contribution in [0.2, 0.25) is 0 Å². The third-order valence-electron chi connectivity index (χ3n) is 4.69. The summed E-state index contributed by atoms with van der Waals surface area (Å²) in [7, 11) is 0. The molecule has 142 valence electrons. The molecule has 0 bridgehead atoms. The van der Waals surface area contributed by atoms with Crippen molar-refractivity contribution in [2.45, 2.75) is 33.7 Å². The molecule has 1 fully saturated rings. The lowest BCUT2D eigenvalue weighted by Crippen LogP contribution is -2.52. The Morgan fingerprint density at radius 2 is 2.04 bits per heavy atom. The molecule has 3 rings (SSSR count). The van der Waals surface area contributed by atoms with Crippen LogP contribution >= 0.6 is 0 Å². The fourth-order valence-corrected chi connectivity index (χ4v) is 3.22. The average molecular weight is 360 g/mol. The summed E-state index contributed by atoms with van der Waals surface area (Å²) in [6.07, 6.45) is 2.47. The molecule has 0 unspecified atom stereocenters. The van der Waals surface area contributed by atoms with Gasteiger partial charge in [-0.15, -0.1) is 0 Å². The molecule has 0 spiro atoms. The lowest BCUT2D eigenvalue weighted by Gasteiger charge is -2.36. The van der Waals surface area contributed by atoms with Crippen molar-refractivity contribution in [3.05, 3.63) is 35.0 Å². The highest BCUT2D eigenvalue weighted by Crippen LogP contribution is 2.13. The molecule has 0 aliphatic carbocycles. The van der Waals surface area contributed by atoms with E-state index in [1.165, 1.54) is 5.56 Å². The van der Waals surface area contributed by atoms with Crippen molar-refractivity contribution in [1.29, 1.82) is 0 Å². The van der Waals surface area contributed by atoms with E-state index in [1.807, 2.05) is 19.9 Å². The van der Waals surface area contributed by atoms with Gasteiger partial charge in [-0.25, -0.2) is 0 Å². The van der Waals surface area contributed by atoms with Gasteiger partial charge in [-0.2, -0.15) is 0 Å². The number of rotatable bonds is 6. The zero-order chi connectivity index (χ0) is 18.4. The van der Waals surface area contributed by atoms with Crippen LogP contribution < -0.4 is 5.32 Å². The lowest BCUT2D eigenvalue weighted by atomic mass is 10.1. The first-order chi connectivity index (χ1) is 12.7. The number of aromatic nitrogens is 2. The number of guanidine groups is 1. The number of nitrogens with one attached hydrogen (secondary N) is 1. The summed E-state index contributed by atoms with van der Waals surface area (Å²) in [5.74, 6) is 1.88. The van der Waals surface area contributed by atoms with E-state index in [0.29, 0.717) is 0 Å². The van der Waals surface area contributed by atoms with Gasteiger partial charge in [0.25, 0.3) is 0 Å². The molecule has 0 aromatic carbocycles. The van der Waals surface area contributed by atoms with Gasteiger partial charge in [-0.3, -0.25) is 9.89 Å². The van der Waals surface area contributed by atoms with Crippen LogP contribution in [-0.2, 0) is 13.0 Å². The molecule has 1 aliphatic heterocycles. The molecule has 1 saturated heterocycles. The van der Waals surface area contributed by atoms with E-state index in [9.17, 15) is 0 Å². The molecule has 8 nitrogen and oxygen atoms in total. The minimum atomic E-state index is 0.727. The minimum absolute atomic E-state index is 0.727. The smallest absolute Gasteiger partial charge is 0.194 e. The van der Waals surface area contributed by atoms with Crippen LogP contribution in [0, 0.1) is 13.8 Å². The van der Waals surface area contributed by atoms with Crippen molar-refractivity contribution in [2.75, 3.05) is 39.3 Å². The van der Waals surface area contributed by atoms with Crippen molar-refractivity contribution in [3.8, 4) is 0 Å². The topological polar surface area (TPSA) is 82.9 Å².